The zero-order valence-corrected chi connectivity index (χ0v) is 14.0. The lowest BCUT2D eigenvalue weighted by molar-refractivity contribution is 0.985. The number of rotatable bonds is 4. The monoisotopic (exact) mass is 307 g/mol. The Morgan fingerprint density at radius 2 is 1.96 bits per heavy atom. The summed E-state index contributed by atoms with van der Waals surface area (Å²) in [6, 6.07) is 0. The van der Waals surface area contributed by atoms with Gasteiger partial charge in [-0.25, -0.2) is 4.98 Å². The molecule has 0 saturated carbocycles. The Bertz CT molecular complexity index is 942. The highest BCUT2D eigenvalue weighted by Crippen LogP contribution is 2.15. The average molecular weight is 307 g/mol. The number of hydrogen-bond donors (Lipinski definition) is 0. The highest BCUT2D eigenvalue weighted by Gasteiger charge is 2.15. The summed E-state index contributed by atoms with van der Waals surface area (Å²) < 4.78 is 1.99. The molecule has 5 heteroatoms. The van der Waals surface area contributed by atoms with Gasteiger partial charge in [0.05, 0.1) is 16.4 Å². The molecule has 2 rings (SSSR count). The number of aliphatic imine (C=N–C) groups is 1. The van der Waals surface area contributed by atoms with Gasteiger partial charge in [-0.2, -0.15) is 0 Å². The molecule has 0 aliphatic heterocycles. The fraction of sp³-hybridized carbons (Fsp3) is 0.222. The molecule has 0 aromatic carbocycles. The van der Waals surface area contributed by atoms with E-state index in [1.54, 1.807) is 19.2 Å². The summed E-state index contributed by atoms with van der Waals surface area (Å²) in [4.78, 5) is 8.87. The van der Waals surface area contributed by atoms with E-state index in [1.165, 1.54) is 0 Å². The molecule has 0 spiro atoms. The minimum Gasteiger partial charge on any atom is -0.293 e. The van der Waals surface area contributed by atoms with Gasteiger partial charge in [0.1, 0.15) is 0 Å². The highest BCUT2D eigenvalue weighted by molar-refractivity contribution is 6.22. The first-order chi connectivity index (χ1) is 11.1. The van der Waals surface area contributed by atoms with Crippen LogP contribution in [0.25, 0.3) is 23.4 Å². The lowest BCUT2D eigenvalue weighted by Crippen LogP contribution is -2.36. The molecule has 23 heavy (non-hydrogen) atoms. The molecule has 118 valence electrons. The van der Waals surface area contributed by atoms with Gasteiger partial charge in [0, 0.05) is 18.3 Å². The number of nitrogens with zero attached hydrogens (tertiary/aromatic N) is 5. The fourth-order valence-corrected chi connectivity index (χ4v) is 2.40. The topological polar surface area (TPSA) is 55.4 Å². The first-order valence-corrected chi connectivity index (χ1v) is 7.36. The Balaban J connectivity index is 3.07. The number of aromatic nitrogens is 4. The first-order valence-electron chi connectivity index (χ1n) is 7.36. The Hall–Kier alpha value is -2.82. The third-order valence-electron chi connectivity index (χ3n) is 3.58. The van der Waals surface area contributed by atoms with Gasteiger partial charge in [-0.05, 0) is 32.9 Å². The second kappa shape index (κ2) is 6.96. The minimum atomic E-state index is 0.713. The zero-order chi connectivity index (χ0) is 17.0. The number of allylic oxidation sites excluding steroid dienone is 4. The molecular weight excluding hydrogens is 286 g/mol. The van der Waals surface area contributed by atoms with Gasteiger partial charge in [-0.1, -0.05) is 31.4 Å². The third-order valence-corrected chi connectivity index (χ3v) is 3.58. The van der Waals surface area contributed by atoms with Crippen molar-refractivity contribution in [3.63, 3.8) is 0 Å². The van der Waals surface area contributed by atoms with E-state index in [1.807, 2.05) is 43.4 Å². The Labute approximate surface area is 135 Å². The predicted molar refractivity (Wildman–Crippen MR) is 96.8 cm³/mol. The molecule has 0 radical (unpaired) electrons. The molecule has 0 bridgehead atoms. The van der Waals surface area contributed by atoms with Gasteiger partial charge in [-0.15, -0.1) is 10.2 Å². The van der Waals surface area contributed by atoms with E-state index >= 15 is 0 Å². The molecule has 0 aliphatic rings. The summed E-state index contributed by atoms with van der Waals surface area (Å²) in [5, 5.41) is 10.4. The molecule has 5 nitrogen and oxygen atoms in total. The number of aryl methyl sites for hydroxylation is 1. The summed E-state index contributed by atoms with van der Waals surface area (Å²) in [7, 11) is 1.75. The maximum atomic E-state index is 4.59. The van der Waals surface area contributed by atoms with Gasteiger partial charge in [0.2, 0.25) is 0 Å². The van der Waals surface area contributed by atoms with Gasteiger partial charge in [0.25, 0.3) is 0 Å². The second-order valence-electron chi connectivity index (χ2n) is 4.97. The van der Waals surface area contributed by atoms with Crippen LogP contribution in [-0.2, 0) is 0 Å². The van der Waals surface area contributed by atoms with Crippen LogP contribution in [0.1, 0.15) is 25.4 Å². The lowest BCUT2D eigenvalue weighted by atomic mass is 10.1. The molecule has 0 amide bonds. The van der Waals surface area contributed by atoms with Gasteiger partial charge >= 0.3 is 0 Å². The van der Waals surface area contributed by atoms with Crippen LogP contribution in [0.3, 0.4) is 0 Å². The van der Waals surface area contributed by atoms with Gasteiger partial charge in [-0.3, -0.25) is 9.39 Å². The Morgan fingerprint density at radius 3 is 2.52 bits per heavy atom. The molecular formula is C18H21N5. The maximum Gasteiger partial charge on any atom is 0.183 e. The zero-order valence-electron chi connectivity index (χ0n) is 14.0. The van der Waals surface area contributed by atoms with Crippen molar-refractivity contribution in [1.29, 1.82) is 0 Å². The van der Waals surface area contributed by atoms with E-state index < -0.39 is 0 Å². The Morgan fingerprint density at radius 1 is 1.22 bits per heavy atom. The van der Waals surface area contributed by atoms with Crippen molar-refractivity contribution in [3.8, 4) is 0 Å². The minimum absolute atomic E-state index is 0.713. The van der Waals surface area contributed by atoms with Crippen LogP contribution in [-0.4, -0.2) is 32.3 Å². The molecule has 2 aromatic rings. The molecule has 2 heterocycles. The van der Waals surface area contributed by atoms with Crippen LogP contribution in [0.2, 0.25) is 0 Å². The van der Waals surface area contributed by atoms with Crippen molar-refractivity contribution < 1.29 is 0 Å². The molecule has 0 unspecified atom stereocenters. The van der Waals surface area contributed by atoms with Crippen molar-refractivity contribution >= 4 is 29.1 Å². The van der Waals surface area contributed by atoms with Crippen molar-refractivity contribution in [3.05, 3.63) is 53.6 Å². The average Bonchev–Trinajstić information content (AvgIpc) is 2.99. The van der Waals surface area contributed by atoms with Crippen LogP contribution in [0.5, 0.6) is 0 Å². The number of hydrogen-bond acceptors (Lipinski definition) is 4. The van der Waals surface area contributed by atoms with E-state index in [9.17, 15) is 0 Å². The fourth-order valence-electron chi connectivity index (χ4n) is 2.40. The van der Waals surface area contributed by atoms with Crippen LogP contribution in [0, 0.1) is 6.92 Å². The smallest absolute Gasteiger partial charge is 0.183 e. The van der Waals surface area contributed by atoms with Crippen molar-refractivity contribution in [2.45, 2.75) is 20.8 Å². The summed E-state index contributed by atoms with van der Waals surface area (Å²) in [5.41, 5.74) is 3.28. The summed E-state index contributed by atoms with van der Waals surface area (Å²) >= 11 is 0. The van der Waals surface area contributed by atoms with Crippen LogP contribution in [0.15, 0.2) is 36.4 Å². The maximum absolute atomic E-state index is 4.59. The summed E-state index contributed by atoms with van der Waals surface area (Å²) in [5.74, 6) is 0.713. The standard InChI is InChI=1S/C18H21N5/c1-7-10-14(12(4)19-6)18-22-21-17-13(5)20-15(9-3)16(11-8-2)23(17)18/h7-11H,1-2H2,3-6H3/b14-10+,15-9+,16-11+,19-12?. The van der Waals surface area contributed by atoms with E-state index in [0.717, 1.165) is 33.3 Å². The third kappa shape index (κ3) is 2.90. The summed E-state index contributed by atoms with van der Waals surface area (Å²) in [6.07, 6.45) is 9.22. The molecule has 0 atom stereocenters. The normalized spacial score (nSPS) is 14.6. The van der Waals surface area contributed by atoms with Gasteiger partial charge < -0.3 is 0 Å². The number of fused-ring (bicyclic) bond motifs is 1. The van der Waals surface area contributed by atoms with Crippen molar-refractivity contribution in [2.24, 2.45) is 4.99 Å². The van der Waals surface area contributed by atoms with Gasteiger partial charge in [0.15, 0.2) is 11.5 Å². The quantitative estimate of drug-likeness (QED) is 0.640. The van der Waals surface area contributed by atoms with E-state index in [0.29, 0.717) is 5.82 Å². The van der Waals surface area contributed by atoms with Crippen molar-refractivity contribution in [1.82, 2.24) is 19.6 Å². The predicted octanol–water partition coefficient (Wildman–Crippen LogP) is 1.86. The molecule has 0 fully saturated rings. The van der Waals surface area contributed by atoms with E-state index in [2.05, 4.69) is 33.3 Å². The van der Waals surface area contributed by atoms with E-state index in [-0.39, 0.29) is 0 Å². The van der Waals surface area contributed by atoms with Crippen LogP contribution < -0.4 is 10.7 Å². The highest BCUT2D eigenvalue weighted by atomic mass is 15.3. The largest absolute Gasteiger partial charge is 0.293 e. The lowest BCUT2D eigenvalue weighted by Gasteiger charge is -2.07. The van der Waals surface area contributed by atoms with Crippen LogP contribution in [0.4, 0.5) is 0 Å². The van der Waals surface area contributed by atoms with E-state index in [4.69, 9.17) is 0 Å². The SMILES string of the molecule is C=C/C=C(\C(C)=NC)c1nnc2c(C)nc(=C/C)/c(=C\C=C)n12. The first kappa shape index (κ1) is 16.5. The Kier molecular flexibility index (Phi) is 5.01. The molecule has 0 aliphatic carbocycles. The molecule has 0 saturated heterocycles. The second-order valence-corrected chi connectivity index (χ2v) is 4.97. The summed E-state index contributed by atoms with van der Waals surface area (Å²) in [6.45, 7) is 13.4. The van der Waals surface area contributed by atoms with Crippen LogP contribution >= 0.6 is 0 Å². The molecule has 0 N–H and O–H groups in total. The molecule has 2 aromatic heterocycles. The van der Waals surface area contributed by atoms with Crippen molar-refractivity contribution in [2.75, 3.05) is 7.05 Å².